The van der Waals surface area contributed by atoms with Gasteiger partial charge in [0.25, 0.3) is 0 Å². The average Bonchev–Trinajstić information content (AvgIpc) is 2.81. The lowest BCUT2D eigenvalue weighted by Gasteiger charge is -2.35. The van der Waals surface area contributed by atoms with Gasteiger partial charge in [-0.25, -0.2) is 0 Å². The molecule has 3 nitrogen and oxygen atoms in total. The number of amides is 1. The highest BCUT2D eigenvalue weighted by atomic mass is 32.1. The summed E-state index contributed by atoms with van der Waals surface area (Å²) in [5.74, 6) is 0.283. The lowest BCUT2D eigenvalue weighted by atomic mass is 9.79. The van der Waals surface area contributed by atoms with Crippen molar-refractivity contribution in [1.29, 1.82) is 0 Å². The Kier molecular flexibility index (Phi) is 3.84. The van der Waals surface area contributed by atoms with Gasteiger partial charge in [0.1, 0.15) is 0 Å². The largest absolute Gasteiger partial charge is 0.341 e. The zero-order valence-electron chi connectivity index (χ0n) is 10.5. The summed E-state index contributed by atoms with van der Waals surface area (Å²) in [6, 6.07) is 2.08. The van der Waals surface area contributed by atoms with Crippen molar-refractivity contribution in [3.63, 3.8) is 0 Å². The van der Waals surface area contributed by atoms with Crippen LogP contribution in [-0.2, 0) is 11.3 Å². The van der Waals surface area contributed by atoms with Gasteiger partial charge in [-0.05, 0) is 48.3 Å². The first-order valence-electron chi connectivity index (χ1n) is 6.09. The molecule has 0 atom stereocenters. The zero-order chi connectivity index (χ0) is 12.3. The Morgan fingerprint density at radius 1 is 1.53 bits per heavy atom. The van der Waals surface area contributed by atoms with E-state index in [4.69, 9.17) is 0 Å². The standard InChI is InChI=1S/C13H20N2OS/c1-13(4-6-14-7-5-13)12(16)15(2)9-11-3-8-17-10-11/h3,8,10,14H,4-7,9H2,1-2H3. The quantitative estimate of drug-likeness (QED) is 0.893. The normalized spacial score (nSPS) is 18.9. The van der Waals surface area contributed by atoms with Crippen LogP contribution in [0.4, 0.5) is 0 Å². The molecule has 1 aliphatic rings. The highest BCUT2D eigenvalue weighted by Crippen LogP contribution is 2.30. The van der Waals surface area contributed by atoms with E-state index < -0.39 is 0 Å². The van der Waals surface area contributed by atoms with Crippen LogP contribution in [0.1, 0.15) is 25.3 Å². The minimum Gasteiger partial charge on any atom is -0.341 e. The molecule has 1 N–H and O–H groups in total. The van der Waals surface area contributed by atoms with Crippen LogP contribution >= 0.6 is 11.3 Å². The molecule has 1 aromatic rings. The first-order chi connectivity index (χ1) is 8.12. The van der Waals surface area contributed by atoms with Crippen LogP contribution in [0.5, 0.6) is 0 Å². The van der Waals surface area contributed by atoms with E-state index in [0.29, 0.717) is 0 Å². The molecule has 4 heteroatoms. The number of carbonyl (C=O) groups is 1. The molecule has 17 heavy (non-hydrogen) atoms. The molecule has 0 aromatic carbocycles. The topological polar surface area (TPSA) is 32.3 Å². The fourth-order valence-electron chi connectivity index (χ4n) is 2.38. The average molecular weight is 252 g/mol. The summed E-state index contributed by atoms with van der Waals surface area (Å²) in [6.45, 7) is 4.73. The number of rotatable bonds is 3. The third kappa shape index (κ3) is 2.87. The second-order valence-electron chi connectivity index (χ2n) is 5.10. The number of hydrogen-bond donors (Lipinski definition) is 1. The fraction of sp³-hybridized carbons (Fsp3) is 0.615. The van der Waals surface area contributed by atoms with Crippen LogP contribution < -0.4 is 5.32 Å². The van der Waals surface area contributed by atoms with Gasteiger partial charge in [0.15, 0.2) is 0 Å². The Labute approximate surface area is 107 Å². The van der Waals surface area contributed by atoms with Crippen molar-refractivity contribution in [3.8, 4) is 0 Å². The van der Waals surface area contributed by atoms with Gasteiger partial charge in [-0.2, -0.15) is 11.3 Å². The van der Waals surface area contributed by atoms with Crippen molar-refractivity contribution in [2.45, 2.75) is 26.3 Å². The van der Waals surface area contributed by atoms with Crippen LogP contribution in [-0.4, -0.2) is 30.9 Å². The molecule has 0 unspecified atom stereocenters. The van der Waals surface area contributed by atoms with E-state index in [1.165, 1.54) is 5.56 Å². The second-order valence-corrected chi connectivity index (χ2v) is 5.88. The van der Waals surface area contributed by atoms with Crippen LogP contribution in [0.25, 0.3) is 0 Å². The minimum absolute atomic E-state index is 0.171. The van der Waals surface area contributed by atoms with E-state index >= 15 is 0 Å². The summed E-state index contributed by atoms with van der Waals surface area (Å²) < 4.78 is 0. The molecule has 1 saturated heterocycles. The fourth-order valence-corrected chi connectivity index (χ4v) is 3.04. The summed E-state index contributed by atoms with van der Waals surface area (Å²) in [4.78, 5) is 14.3. The first kappa shape index (κ1) is 12.6. The Hall–Kier alpha value is -0.870. The molecule has 1 aromatic heterocycles. The molecule has 1 amide bonds. The van der Waals surface area contributed by atoms with Crippen molar-refractivity contribution >= 4 is 17.2 Å². The van der Waals surface area contributed by atoms with Crippen molar-refractivity contribution in [3.05, 3.63) is 22.4 Å². The van der Waals surface area contributed by atoms with Crippen LogP contribution in [0.15, 0.2) is 16.8 Å². The number of nitrogens with one attached hydrogen (secondary N) is 1. The van der Waals surface area contributed by atoms with E-state index in [-0.39, 0.29) is 11.3 Å². The summed E-state index contributed by atoms with van der Waals surface area (Å²) in [5, 5.41) is 7.47. The van der Waals surface area contributed by atoms with Gasteiger partial charge in [-0.1, -0.05) is 6.92 Å². The van der Waals surface area contributed by atoms with Crippen LogP contribution in [0, 0.1) is 5.41 Å². The second kappa shape index (κ2) is 5.19. The summed E-state index contributed by atoms with van der Waals surface area (Å²) in [7, 11) is 1.91. The van der Waals surface area contributed by atoms with Gasteiger partial charge in [-0.3, -0.25) is 4.79 Å². The molecule has 0 saturated carbocycles. The molecule has 2 heterocycles. The van der Waals surface area contributed by atoms with Crippen molar-refractivity contribution in [2.24, 2.45) is 5.41 Å². The Bertz CT molecular complexity index is 369. The molecule has 0 bridgehead atoms. The van der Waals surface area contributed by atoms with Crippen LogP contribution in [0.2, 0.25) is 0 Å². The minimum atomic E-state index is -0.171. The van der Waals surface area contributed by atoms with Gasteiger partial charge >= 0.3 is 0 Å². The predicted octanol–water partition coefficient (Wildman–Crippen LogP) is 2.10. The molecular weight excluding hydrogens is 232 g/mol. The maximum atomic E-state index is 12.4. The molecule has 1 aliphatic heterocycles. The molecule has 2 rings (SSSR count). The lowest BCUT2D eigenvalue weighted by molar-refractivity contribution is -0.141. The number of hydrogen-bond acceptors (Lipinski definition) is 3. The number of carbonyl (C=O) groups excluding carboxylic acids is 1. The highest BCUT2D eigenvalue weighted by molar-refractivity contribution is 7.07. The van der Waals surface area contributed by atoms with Gasteiger partial charge in [0, 0.05) is 19.0 Å². The van der Waals surface area contributed by atoms with Crippen LogP contribution in [0.3, 0.4) is 0 Å². The zero-order valence-corrected chi connectivity index (χ0v) is 11.3. The maximum Gasteiger partial charge on any atom is 0.228 e. The van der Waals surface area contributed by atoms with E-state index in [0.717, 1.165) is 32.5 Å². The van der Waals surface area contributed by atoms with Gasteiger partial charge < -0.3 is 10.2 Å². The van der Waals surface area contributed by atoms with Gasteiger partial charge in [-0.15, -0.1) is 0 Å². The molecule has 1 fully saturated rings. The summed E-state index contributed by atoms with van der Waals surface area (Å²) in [5.41, 5.74) is 1.05. The maximum absolute atomic E-state index is 12.4. The highest BCUT2D eigenvalue weighted by Gasteiger charge is 2.36. The number of nitrogens with zero attached hydrogens (tertiary/aromatic N) is 1. The molecular formula is C13H20N2OS. The number of thiophene rings is 1. The molecule has 0 radical (unpaired) electrons. The summed E-state index contributed by atoms with van der Waals surface area (Å²) >= 11 is 1.68. The Morgan fingerprint density at radius 2 is 2.24 bits per heavy atom. The third-order valence-corrected chi connectivity index (χ3v) is 4.30. The lowest BCUT2D eigenvalue weighted by Crippen LogP contribution is -2.46. The SMILES string of the molecule is CN(Cc1ccsc1)C(=O)C1(C)CCNCC1. The van der Waals surface area contributed by atoms with E-state index in [2.05, 4.69) is 29.1 Å². The predicted molar refractivity (Wildman–Crippen MR) is 71.0 cm³/mol. The Morgan fingerprint density at radius 3 is 2.82 bits per heavy atom. The number of piperidine rings is 1. The van der Waals surface area contributed by atoms with E-state index in [1.54, 1.807) is 11.3 Å². The molecule has 0 spiro atoms. The first-order valence-corrected chi connectivity index (χ1v) is 7.03. The molecule has 0 aliphatic carbocycles. The van der Waals surface area contributed by atoms with Crippen molar-refractivity contribution in [1.82, 2.24) is 10.2 Å². The smallest absolute Gasteiger partial charge is 0.228 e. The Balaban J connectivity index is 1.98. The van der Waals surface area contributed by atoms with Crippen molar-refractivity contribution in [2.75, 3.05) is 20.1 Å². The van der Waals surface area contributed by atoms with E-state index in [1.807, 2.05) is 11.9 Å². The summed E-state index contributed by atoms with van der Waals surface area (Å²) in [6.07, 6.45) is 1.89. The van der Waals surface area contributed by atoms with Crippen molar-refractivity contribution < 1.29 is 4.79 Å². The third-order valence-electron chi connectivity index (χ3n) is 3.57. The van der Waals surface area contributed by atoms with Gasteiger partial charge in [0.2, 0.25) is 5.91 Å². The molecule has 94 valence electrons. The monoisotopic (exact) mass is 252 g/mol. The van der Waals surface area contributed by atoms with E-state index in [9.17, 15) is 4.79 Å². The van der Waals surface area contributed by atoms with Gasteiger partial charge in [0.05, 0.1) is 0 Å².